The standard InChI is InChI=1S/C18H39N3/c1-3-5-7-8-9-11-19-12-14-21-17-15-20(16-18-21)13-10-6-4-2/h19H,3-18H2,1-2H3. The second-order valence-corrected chi connectivity index (χ2v) is 6.55. The van der Waals surface area contributed by atoms with Gasteiger partial charge in [-0.25, -0.2) is 0 Å². The van der Waals surface area contributed by atoms with Gasteiger partial charge in [0.2, 0.25) is 0 Å². The predicted molar refractivity (Wildman–Crippen MR) is 94.0 cm³/mol. The average Bonchev–Trinajstić information content (AvgIpc) is 2.52. The first-order valence-corrected chi connectivity index (χ1v) is 9.52. The van der Waals surface area contributed by atoms with E-state index in [9.17, 15) is 0 Å². The molecule has 0 spiro atoms. The Labute approximate surface area is 133 Å². The monoisotopic (exact) mass is 297 g/mol. The maximum Gasteiger partial charge on any atom is 0.0110 e. The van der Waals surface area contributed by atoms with Gasteiger partial charge in [-0.2, -0.15) is 0 Å². The summed E-state index contributed by atoms with van der Waals surface area (Å²) in [6.07, 6.45) is 11.0. The number of nitrogens with zero attached hydrogens (tertiary/aromatic N) is 2. The van der Waals surface area contributed by atoms with E-state index in [4.69, 9.17) is 0 Å². The van der Waals surface area contributed by atoms with Crippen LogP contribution in [0.15, 0.2) is 0 Å². The third kappa shape index (κ3) is 10.3. The van der Waals surface area contributed by atoms with Crippen LogP contribution >= 0.6 is 0 Å². The van der Waals surface area contributed by atoms with E-state index in [1.807, 2.05) is 0 Å². The minimum absolute atomic E-state index is 1.17. The van der Waals surface area contributed by atoms with Crippen LogP contribution in [0.25, 0.3) is 0 Å². The Bertz CT molecular complexity index is 213. The van der Waals surface area contributed by atoms with Gasteiger partial charge in [0.1, 0.15) is 0 Å². The van der Waals surface area contributed by atoms with E-state index in [1.165, 1.54) is 104 Å². The van der Waals surface area contributed by atoms with Crippen molar-refractivity contribution in [2.75, 3.05) is 52.4 Å². The predicted octanol–water partition coefficient (Wildman–Crippen LogP) is 3.35. The average molecular weight is 298 g/mol. The summed E-state index contributed by atoms with van der Waals surface area (Å²) in [6, 6.07) is 0. The summed E-state index contributed by atoms with van der Waals surface area (Å²) >= 11 is 0. The topological polar surface area (TPSA) is 18.5 Å². The van der Waals surface area contributed by atoms with Crippen molar-refractivity contribution in [3.05, 3.63) is 0 Å². The van der Waals surface area contributed by atoms with Gasteiger partial charge in [0.05, 0.1) is 0 Å². The van der Waals surface area contributed by atoms with Crippen LogP contribution in [0.4, 0.5) is 0 Å². The summed E-state index contributed by atoms with van der Waals surface area (Å²) in [6.45, 7) is 14.6. The molecule has 0 aromatic heterocycles. The Morgan fingerprint density at radius 2 is 1.19 bits per heavy atom. The van der Waals surface area contributed by atoms with Crippen LogP contribution in [0, 0.1) is 0 Å². The molecule has 0 aliphatic carbocycles. The van der Waals surface area contributed by atoms with Crippen LogP contribution in [0.5, 0.6) is 0 Å². The molecule has 0 bridgehead atoms. The van der Waals surface area contributed by atoms with Gasteiger partial charge >= 0.3 is 0 Å². The van der Waals surface area contributed by atoms with Crippen molar-refractivity contribution in [1.82, 2.24) is 15.1 Å². The molecule has 3 nitrogen and oxygen atoms in total. The van der Waals surface area contributed by atoms with Crippen molar-refractivity contribution >= 4 is 0 Å². The summed E-state index contributed by atoms with van der Waals surface area (Å²) in [4.78, 5) is 5.27. The van der Waals surface area contributed by atoms with Gasteiger partial charge in [-0.3, -0.25) is 4.90 Å². The van der Waals surface area contributed by atoms with Gasteiger partial charge in [0, 0.05) is 39.3 Å². The van der Waals surface area contributed by atoms with Gasteiger partial charge in [-0.15, -0.1) is 0 Å². The second-order valence-electron chi connectivity index (χ2n) is 6.55. The van der Waals surface area contributed by atoms with Crippen molar-refractivity contribution < 1.29 is 0 Å². The largest absolute Gasteiger partial charge is 0.315 e. The van der Waals surface area contributed by atoms with E-state index in [0.29, 0.717) is 0 Å². The zero-order valence-electron chi connectivity index (χ0n) is 14.7. The number of hydrogen-bond donors (Lipinski definition) is 1. The lowest BCUT2D eigenvalue weighted by molar-refractivity contribution is 0.131. The van der Waals surface area contributed by atoms with Crippen molar-refractivity contribution in [3.8, 4) is 0 Å². The molecule has 1 heterocycles. The third-order valence-corrected chi connectivity index (χ3v) is 4.60. The SMILES string of the molecule is CCCCCCCNCCN1CCN(CCCCC)CC1. The molecule has 1 saturated heterocycles. The molecule has 126 valence electrons. The molecule has 0 aromatic carbocycles. The molecule has 21 heavy (non-hydrogen) atoms. The van der Waals surface area contributed by atoms with Crippen molar-refractivity contribution in [3.63, 3.8) is 0 Å². The van der Waals surface area contributed by atoms with Crippen LogP contribution < -0.4 is 5.32 Å². The van der Waals surface area contributed by atoms with Gasteiger partial charge in [0.25, 0.3) is 0 Å². The number of nitrogens with one attached hydrogen (secondary N) is 1. The van der Waals surface area contributed by atoms with Gasteiger partial charge < -0.3 is 10.2 Å². The Kier molecular flexibility index (Phi) is 12.2. The van der Waals surface area contributed by atoms with Crippen molar-refractivity contribution in [2.45, 2.75) is 65.2 Å². The smallest absolute Gasteiger partial charge is 0.0110 e. The zero-order chi connectivity index (χ0) is 15.2. The molecule has 0 unspecified atom stereocenters. The molecular weight excluding hydrogens is 258 g/mol. The van der Waals surface area contributed by atoms with Crippen LogP contribution in [-0.2, 0) is 0 Å². The zero-order valence-corrected chi connectivity index (χ0v) is 14.7. The maximum absolute atomic E-state index is 3.61. The van der Waals surface area contributed by atoms with E-state index < -0.39 is 0 Å². The first-order valence-electron chi connectivity index (χ1n) is 9.52. The molecule has 0 radical (unpaired) electrons. The number of hydrogen-bond acceptors (Lipinski definition) is 3. The first-order chi connectivity index (χ1) is 10.4. The Morgan fingerprint density at radius 3 is 1.86 bits per heavy atom. The Hall–Kier alpha value is -0.120. The van der Waals surface area contributed by atoms with E-state index >= 15 is 0 Å². The Morgan fingerprint density at radius 1 is 0.619 bits per heavy atom. The van der Waals surface area contributed by atoms with Crippen molar-refractivity contribution in [2.24, 2.45) is 0 Å². The highest BCUT2D eigenvalue weighted by Gasteiger charge is 2.15. The van der Waals surface area contributed by atoms with Crippen LogP contribution in [0.1, 0.15) is 65.2 Å². The fraction of sp³-hybridized carbons (Fsp3) is 1.00. The highest BCUT2D eigenvalue weighted by Crippen LogP contribution is 2.04. The summed E-state index contributed by atoms with van der Waals surface area (Å²) in [7, 11) is 0. The van der Waals surface area contributed by atoms with Gasteiger partial charge in [-0.05, 0) is 25.9 Å². The highest BCUT2D eigenvalue weighted by molar-refractivity contribution is 4.72. The second kappa shape index (κ2) is 13.5. The lowest BCUT2D eigenvalue weighted by Gasteiger charge is -2.34. The van der Waals surface area contributed by atoms with Gasteiger partial charge in [0.15, 0.2) is 0 Å². The van der Waals surface area contributed by atoms with Gasteiger partial charge in [-0.1, -0.05) is 52.4 Å². The minimum Gasteiger partial charge on any atom is -0.315 e. The van der Waals surface area contributed by atoms with E-state index in [1.54, 1.807) is 0 Å². The summed E-state index contributed by atoms with van der Waals surface area (Å²) in [5.74, 6) is 0. The fourth-order valence-electron chi connectivity index (χ4n) is 3.04. The van der Waals surface area contributed by atoms with Crippen molar-refractivity contribution in [1.29, 1.82) is 0 Å². The molecule has 0 atom stereocenters. The highest BCUT2D eigenvalue weighted by atomic mass is 15.3. The van der Waals surface area contributed by atoms with Crippen LogP contribution in [0.3, 0.4) is 0 Å². The number of rotatable bonds is 13. The number of unbranched alkanes of at least 4 members (excludes halogenated alkanes) is 6. The van der Waals surface area contributed by atoms with Crippen LogP contribution in [-0.4, -0.2) is 62.2 Å². The molecule has 1 aliphatic heterocycles. The summed E-state index contributed by atoms with van der Waals surface area (Å²) < 4.78 is 0. The molecule has 0 amide bonds. The molecule has 1 N–H and O–H groups in total. The molecule has 1 aliphatic rings. The Balaban J connectivity index is 1.87. The lowest BCUT2D eigenvalue weighted by Crippen LogP contribution is -2.48. The van der Waals surface area contributed by atoms with E-state index in [2.05, 4.69) is 29.0 Å². The molecule has 1 rings (SSSR count). The molecule has 3 heteroatoms. The molecule has 1 fully saturated rings. The molecule has 0 saturated carbocycles. The third-order valence-electron chi connectivity index (χ3n) is 4.60. The molecular formula is C18H39N3. The maximum atomic E-state index is 3.61. The van der Waals surface area contributed by atoms with Crippen LogP contribution in [0.2, 0.25) is 0 Å². The number of piperazine rings is 1. The minimum atomic E-state index is 1.17. The lowest BCUT2D eigenvalue weighted by atomic mass is 10.1. The quantitative estimate of drug-likeness (QED) is 0.526. The molecule has 0 aromatic rings. The first kappa shape index (κ1) is 18.9. The van der Waals surface area contributed by atoms with E-state index in [-0.39, 0.29) is 0 Å². The summed E-state index contributed by atoms with van der Waals surface area (Å²) in [5.41, 5.74) is 0. The fourth-order valence-corrected chi connectivity index (χ4v) is 3.04. The van der Waals surface area contributed by atoms with E-state index in [0.717, 1.165) is 0 Å². The normalized spacial score (nSPS) is 17.4. The summed E-state index contributed by atoms with van der Waals surface area (Å²) in [5, 5.41) is 3.61.